The molecule has 1 aliphatic heterocycles. The third-order valence-electron chi connectivity index (χ3n) is 4.05. The summed E-state index contributed by atoms with van der Waals surface area (Å²) in [5.41, 5.74) is -0.548. The highest BCUT2D eigenvalue weighted by Crippen LogP contribution is 2.43. The molecule has 3 atom stereocenters. The van der Waals surface area contributed by atoms with E-state index < -0.39 is 17.7 Å². The first kappa shape index (κ1) is 15.1. The largest absolute Gasteiger partial charge is 0.464 e. The zero-order chi connectivity index (χ0) is 14.9. The van der Waals surface area contributed by atoms with Crippen LogP contribution in [-0.2, 0) is 14.3 Å². The number of fused-ring (bicyclic) bond motifs is 1. The van der Waals surface area contributed by atoms with E-state index in [4.69, 9.17) is 9.47 Å². The molecule has 1 aliphatic carbocycles. The van der Waals surface area contributed by atoms with Crippen LogP contribution < -0.4 is 0 Å². The molecule has 1 saturated heterocycles. The number of carbonyl (C=O) groups excluding carboxylic acids is 2. The van der Waals surface area contributed by atoms with Gasteiger partial charge in [0.1, 0.15) is 11.6 Å². The highest BCUT2D eigenvalue weighted by atomic mass is 16.6. The van der Waals surface area contributed by atoms with Gasteiger partial charge in [0.2, 0.25) is 0 Å². The lowest BCUT2D eigenvalue weighted by molar-refractivity contribution is -0.149. The van der Waals surface area contributed by atoms with Crippen LogP contribution in [0.3, 0.4) is 0 Å². The molecule has 0 N–H and O–H groups in total. The van der Waals surface area contributed by atoms with Crippen molar-refractivity contribution in [2.24, 2.45) is 11.8 Å². The van der Waals surface area contributed by atoms with Crippen LogP contribution in [0, 0.1) is 11.8 Å². The second-order valence-electron chi connectivity index (χ2n) is 6.68. The van der Waals surface area contributed by atoms with Crippen LogP contribution in [0.2, 0.25) is 0 Å². The number of amides is 1. The number of hydrogen-bond acceptors (Lipinski definition) is 4. The van der Waals surface area contributed by atoms with Crippen LogP contribution >= 0.6 is 0 Å². The lowest BCUT2D eigenvalue weighted by atomic mass is 9.94. The standard InChI is InChI=1S/C15H25NO4/c1-5-19-13(17)12-11-8-6-7-10(11)9-16(12)14(18)20-15(2,3)4/h10-12H,5-9H2,1-4H3/t10-,11-,12-/m0/s1. The molecule has 0 unspecified atom stereocenters. The molecule has 1 heterocycles. The van der Waals surface area contributed by atoms with Crippen molar-refractivity contribution in [2.45, 2.75) is 58.6 Å². The van der Waals surface area contributed by atoms with Gasteiger partial charge >= 0.3 is 12.1 Å². The summed E-state index contributed by atoms with van der Waals surface area (Å²) in [6, 6.07) is -0.461. The molecular formula is C15H25NO4. The number of esters is 1. The quantitative estimate of drug-likeness (QED) is 0.731. The van der Waals surface area contributed by atoms with Crippen molar-refractivity contribution in [2.75, 3.05) is 13.2 Å². The Balaban J connectivity index is 2.13. The molecule has 0 aromatic rings. The molecule has 5 nitrogen and oxygen atoms in total. The van der Waals surface area contributed by atoms with Crippen LogP contribution in [0.15, 0.2) is 0 Å². The summed E-state index contributed by atoms with van der Waals surface area (Å²) < 4.78 is 10.6. The molecule has 0 bridgehead atoms. The van der Waals surface area contributed by atoms with Crippen molar-refractivity contribution >= 4 is 12.1 Å². The maximum absolute atomic E-state index is 12.3. The number of carbonyl (C=O) groups is 2. The minimum absolute atomic E-state index is 0.238. The van der Waals surface area contributed by atoms with E-state index in [1.807, 2.05) is 20.8 Å². The van der Waals surface area contributed by atoms with E-state index in [-0.39, 0.29) is 11.9 Å². The summed E-state index contributed by atoms with van der Waals surface area (Å²) in [4.78, 5) is 26.1. The fourth-order valence-corrected chi connectivity index (χ4v) is 3.34. The van der Waals surface area contributed by atoms with Crippen molar-refractivity contribution in [3.8, 4) is 0 Å². The first-order valence-corrected chi connectivity index (χ1v) is 7.49. The van der Waals surface area contributed by atoms with E-state index in [0.717, 1.165) is 19.3 Å². The molecule has 0 spiro atoms. The molecule has 2 rings (SSSR count). The predicted molar refractivity (Wildman–Crippen MR) is 74.2 cm³/mol. The average Bonchev–Trinajstić information content (AvgIpc) is 2.85. The summed E-state index contributed by atoms with van der Waals surface area (Å²) in [5, 5.41) is 0. The third kappa shape index (κ3) is 3.07. The Morgan fingerprint density at radius 2 is 1.95 bits per heavy atom. The number of hydrogen-bond donors (Lipinski definition) is 0. The zero-order valence-corrected chi connectivity index (χ0v) is 12.8. The molecule has 20 heavy (non-hydrogen) atoms. The SMILES string of the molecule is CCOC(=O)[C@@H]1[C@H]2CCC[C@H]2CN1C(=O)OC(C)(C)C. The Labute approximate surface area is 120 Å². The molecule has 2 fully saturated rings. The monoisotopic (exact) mass is 283 g/mol. The smallest absolute Gasteiger partial charge is 0.411 e. The first-order chi connectivity index (χ1) is 9.33. The molecule has 114 valence electrons. The van der Waals surface area contributed by atoms with Crippen molar-refractivity contribution in [3.63, 3.8) is 0 Å². The molecule has 0 aromatic heterocycles. The van der Waals surface area contributed by atoms with E-state index in [9.17, 15) is 9.59 Å². The number of nitrogens with zero attached hydrogens (tertiary/aromatic N) is 1. The second-order valence-corrected chi connectivity index (χ2v) is 6.68. The molecule has 1 amide bonds. The van der Waals surface area contributed by atoms with Gasteiger partial charge < -0.3 is 9.47 Å². The summed E-state index contributed by atoms with van der Waals surface area (Å²) in [6.07, 6.45) is 2.81. The lowest BCUT2D eigenvalue weighted by Gasteiger charge is -2.29. The van der Waals surface area contributed by atoms with Crippen LogP contribution in [0.4, 0.5) is 4.79 Å². The fraction of sp³-hybridized carbons (Fsp3) is 0.867. The van der Waals surface area contributed by atoms with Crippen molar-refractivity contribution in [3.05, 3.63) is 0 Å². The summed E-state index contributed by atoms with van der Waals surface area (Å²) in [7, 11) is 0. The average molecular weight is 283 g/mol. The van der Waals surface area contributed by atoms with Gasteiger partial charge in [-0.1, -0.05) is 6.42 Å². The van der Waals surface area contributed by atoms with Gasteiger partial charge in [0, 0.05) is 6.54 Å². The van der Waals surface area contributed by atoms with Crippen LogP contribution in [0.25, 0.3) is 0 Å². The Kier molecular flexibility index (Phi) is 4.25. The fourth-order valence-electron chi connectivity index (χ4n) is 3.34. The second kappa shape index (κ2) is 5.62. The van der Waals surface area contributed by atoms with Crippen LogP contribution in [-0.4, -0.2) is 41.8 Å². The van der Waals surface area contributed by atoms with Gasteiger partial charge in [-0.25, -0.2) is 9.59 Å². The minimum Gasteiger partial charge on any atom is -0.464 e. The maximum atomic E-state index is 12.3. The van der Waals surface area contributed by atoms with E-state index >= 15 is 0 Å². The highest BCUT2D eigenvalue weighted by Gasteiger charge is 2.51. The van der Waals surface area contributed by atoms with Gasteiger partial charge in [-0.15, -0.1) is 0 Å². The Bertz CT molecular complexity index is 388. The summed E-state index contributed by atoms with van der Waals surface area (Å²) >= 11 is 0. The van der Waals surface area contributed by atoms with Gasteiger partial charge in [-0.2, -0.15) is 0 Å². The van der Waals surface area contributed by atoms with Crippen molar-refractivity contribution < 1.29 is 19.1 Å². The van der Waals surface area contributed by atoms with Crippen molar-refractivity contribution in [1.29, 1.82) is 0 Å². The molecule has 0 aromatic carbocycles. The van der Waals surface area contributed by atoms with Gasteiger partial charge in [-0.05, 0) is 52.4 Å². The van der Waals surface area contributed by atoms with E-state index in [1.165, 1.54) is 0 Å². The first-order valence-electron chi connectivity index (χ1n) is 7.49. The van der Waals surface area contributed by atoms with E-state index in [1.54, 1.807) is 11.8 Å². The normalized spacial score (nSPS) is 29.2. The van der Waals surface area contributed by atoms with Crippen LogP contribution in [0.5, 0.6) is 0 Å². The molecule has 5 heteroatoms. The van der Waals surface area contributed by atoms with Crippen LogP contribution in [0.1, 0.15) is 47.0 Å². The zero-order valence-electron chi connectivity index (χ0n) is 12.8. The molecule has 0 radical (unpaired) electrons. The molecule has 2 aliphatic rings. The Hall–Kier alpha value is -1.26. The molecular weight excluding hydrogens is 258 g/mol. The maximum Gasteiger partial charge on any atom is 0.411 e. The van der Waals surface area contributed by atoms with E-state index in [0.29, 0.717) is 19.1 Å². The molecule has 1 saturated carbocycles. The Morgan fingerprint density at radius 3 is 2.55 bits per heavy atom. The number of likely N-dealkylation sites (tertiary alicyclic amines) is 1. The summed E-state index contributed by atoms with van der Waals surface area (Å²) in [6.45, 7) is 8.25. The van der Waals surface area contributed by atoms with Gasteiger partial charge in [0.05, 0.1) is 6.61 Å². The lowest BCUT2D eigenvalue weighted by Crippen LogP contribution is -2.46. The predicted octanol–water partition coefficient (Wildman–Crippen LogP) is 2.59. The number of rotatable bonds is 2. The van der Waals surface area contributed by atoms with Gasteiger partial charge in [-0.3, -0.25) is 4.90 Å². The third-order valence-corrected chi connectivity index (χ3v) is 4.05. The van der Waals surface area contributed by atoms with Gasteiger partial charge in [0.25, 0.3) is 0 Å². The number of ether oxygens (including phenoxy) is 2. The van der Waals surface area contributed by atoms with E-state index in [2.05, 4.69) is 0 Å². The topological polar surface area (TPSA) is 55.8 Å². The van der Waals surface area contributed by atoms with Gasteiger partial charge in [0.15, 0.2) is 0 Å². The van der Waals surface area contributed by atoms with Crippen molar-refractivity contribution in [1.82, 2.24) is 4.90 Å². The highest BCUT2D eigenvalue weighted by molar-refractivity contribution is 5.82. The minimum atomic E-state index is -0.548. The Morgan fingerprint density at radius 1 is 1.25 bits per heavy atom. The summed E-state index contributed by atoms with van der Waals surface area (Å²) in [5.74, 6) is 0.367.